The normalized spacial score (nSPS) is 22.2. The second-order valence-electron chi connectivity index (χ2n) is 4.64. The number of aliphatic hydroxyl groups excluding tert-OH is 1. The standard InChI is InChI=1S/C12H16N6O/c1-14-10-9-11(17-12(13)16-10)18(6-15-9)8-3-2-7(4-8)5-19/h2-3,6-8,19H,4-5H2,1H3,(H3,13,14,16,17)/t7-,8+/m0/s1. The van der Waals surface area contributed by atoms with E-state index in [1.165, 1.54) is 0 Å². The zero-order valence-corrected chi connectivity index (χ0v) is 10.6. The summed E-state index contributed by atoms with van der Waals surface area (Å²) in [4.78, 5) is 12.7. The lowest BCUT2D eigenvalue weighted by molar-refractivity contribution is 0.244. The fourth-order valence-electron chi connectivity index (χ4n) is 2.44. The summed E-state index contributed by atoms with van der Waals surface area (Å²) in [7, 11) is 1.78. The van der Waals surface area contributed by atoms with Crippen LogP contribution in [0.4, 0.5) is 11.8 Å². The number of nitrogens with zero attached hydrogens (tertiary/aromatic N) is 4. The Labute approximate surface area is 110 Å². The number of nitrogens with one attached hydrogen (secondary N) is 1. The first kappa shape index (κ1) is 11.9. The average Bonchev–Trinajstić information content (AvgIpc) is 3.03. The molecule has 0 bridgehead atoms. The first-order valence-corrected chi connectivity index (χ1v) is 6.20. The van der Waals surface area contributed by atoms with E-state index < -0.39 is 0 Å². The van der Waals surface area contributed by atoms with Gasteiger partial charge in [-0.25, -0.2) is 4.98 Å². The van der Waals surface area contributed by atoms with E-state index in [9.17, 15) is 5.11 Å². The number of rotatable bonds is 3. The monoisotopic (exact) mass is 260 g/mol. The van der Waals surface area contributed by atoms with Crippen LogP contribution in [0.3, 0.4) is 0 Å². The van der Waals surface area contributed by atoms with E-state index in [1.54, 1.807) is 13.4 Å². The Bertz CT molecular complexity index is 634. The summed E-state index contributed by atoms with van der Waals surface area (Å²) >= 11 is 0. The van der Waals surface area contributed by atoms with Crippen LogP contribution in [0.15, 0.2) is 18.5 Å². The highest BCUT2D eigenvalue weighted by Gasteiger charge is 2.22. The molecule has 0 fully saturated rings. The molecule has 1 aliphatic carbocycles. The van der Waals surface area contributed by atoms with E-state index in [4.69, 9.17) is 5.73 Å². The molecule has 0 spiro atoms. The molecule has 2 heterocycles. The number of hydrogen-bond acceptors (Lipinski definition) is 6. The molecule has 0 unspecified atom stereocenters. The third-order valence-corrected chi connectivity index (χ3v) is 3.42. The average molecular weight is 260 g/mol. The van der Waals surface area contributed by atoms with Crippen molar-refractivity contribution in [2.45, 2.75) is 12.5 Å². The minimum Gasteiger partial charge on any atom is -0.396 e. The van der Waals surface area contributed by atoms with Gasteiger partial charge in [0.05, 0.1) is 12.4 Å². The van der Waals surface area contributed by atoms with Crippen molar-refractivity contribution in [1.82, 2.24) is 19.5 Å². The molecule has 7 nitrogen and oxygen atoms in total. The van der Waals surface area contributed by atoms with Crippen molar-refractivity contribution >= 4 is 22.9 Å². The lowest BCUT2D eigenvalue weighted by Gasteiger charge is -2.12. The van der Waals surface area contributed by atoms with Gasteiger partial charge in [0.15, 0.2) is 17.0 Å². The maximum Gasteiger partial charge on any atom is 0.224 e. The van der Waals surface area contributed by atoms with Gasteiger partial charge in [0, 0.05) is 19.6 Å². The molecular formula is C12H16N6O. The number of hydrogen-bond donors (Lipinski definition) is 3. The summed E-state index contributed by atoms with van der Waals surface area (Å²) < 4.78 is 1.97. The maximum atomic E-state index is 9.19. The summed E-state index contributed by atoms with van der Waals surface area (Å²) in [6.45, 7) is 0.165. The molecule has 0 amide bonds. The summed E-state index contributed by atoms with van der Waals surface area (Å²) in [5.74, 6) is 1.05. The highest BCUT2D eigenvalue weighted by Crippen LogP contribution is 2.31. The van der Waals surface area contributed by atoms with Crippen molar-refractivity contribution in [1.29, 1.82) is 0 Å². The maximum absolute atomic E-state index is 9.19. The van der Waals surface area contributed by atoms with E-state index in [1.807, 2.05) is 10.6 Å². The Kier molecular flexibility index (Phi) is 2.83. The molecule has 100 valence electrons. The van der Waals surface area contributed by atoms with Gasteiger partial charge in [-0.15, -0.1) is 0 Å². The Morgan fingerprint density at radius 1 is 1.47 bits per heavy atom. The van der Waals surface area contributed by atoms with Gasteiger partial charge in [0.2, 0.25) is 5.95 Å². The van der Waals surface area contributed by atoms with Crippen molar-refractivity contribution in [2.24, 2.45) is 5.92 Å². The molecule has 1 aliphatic rings. The van der Waals surface area contributed by atoms with Crippen LogP contribution in [0.1, 0.15) is 12.5 Å². The predicted octanol–water partition coefficient (Wildman–Crippen LogP) is 0.560. The fourth-order valence-corrected chi connectivity index (χ4v) is 2.44. The van der Waals surface area contributed by atoms with Crippen LogP contribution >= 0.6 is 0 Å². The minimum atomic E-state index is 0.154. The third kappa shape index (κ3) is 1.91. The van der Waals surface area contributed by atoms with Crippen LogP contribution in [-0.4, -0.2) is 38.3 Å². The zero-order valence-electron chi connectivity index (χ0n) is 10.6. The molecule has 7 heteroatoms. The summed E-state index contributed by atoms with van der Waals surface area (Å²) in [5, 5.41) is 12.2. The topological polar surface area (TPSA) is 102 Å². The van der Waals surface area contributed by atoms with E-state index in [-0.39, 0.29) is 24.5 Å². The number of fused-ring (bicyclic) bond motifs is 1. The van der Waals surface area contributed by atoms with Crippen LogP contribution in [0.2, 0.25) is 0 Å². The fraction of sp³-hybridized carbons (Fsp3) is 0.417. The van der Waals surface area contributed by atoms with Gasteiger partial charge < -0.3 is 20.7 Å². The molecule has 0 radical (unpaired) electrons. The van der Waals surface area contributed by atoms with Gasteiger partial charge in [-0.3, -0.25) is 0 Å². The molecule has 4 N–H and O–H groups in total. The Balaban J connectivity index is 2.06. The molecule has 0 aliphatic heterocycles. The highest BCUT2D eigenvalue weighted by molar-refractivity contribution is 5.84. The van der Waals surface area contributed by atoms with Gasteiger partial charge in [-0.2, -0.15) is 9.97 Å². The minimum absolute atomic E-state index is 0.154. The number of anilines is 2. The molecule has 2 atom stereocenters. The molecule has 0 saturated carbocycles. The molecule has 2 aromatic heterocycles. The van der Waals surface area contributed by atoms with E-state index in [0.29, 0.717) is 17.0 Å². The van der Waals surface area contributed by atoms with Gasteiger partial charge in [-0.05, 0) is 6.42 Å². The second-order valence-corrected chi connectivity index (χ2v) is 4.64. The Morgan fingerprint density at radius 2 is 2.32 bits per heavy atom. The second kappa shape index (κ2) is 4.51. The van der Waals surface area contributed by atoms with E-state index in [2.05, 4.69) is 26.3 Å². The number of allylic oxidation sites excluding steroid dienone is 1. The van der Waals surface area contributed by atoms with Crippen LogP contribution in [0, 0.1) is 5.92 Å². The summed E-state index contributed by atoms with van der Waals surface area (Å²) in [5.41, 5.74) is 7.14. The molecule has 3 rings (SSSR count). The van der Waals surface area contributed by atoms with E-state index >= 15 is 0 Å². The smallest absolute Gasteiger partial charge is 0.224 e. The highest BCUT2D eigenvalue weighted by atomic mass is 16.3. The van der Waals surface area contributed by atoms with Crippen LogP contribution < -0.4 is 11.1 Å². The quantitative estimate of drug-likeness (QED) is 0.697. The Hall–Kier alpha value is -2.15. The van der Waals surface area contributed by atoms with Gasteiger partial charge >= 0.3 is 0 Å². The van der Waals surface area contributed by atoms with Gasteiger partial charge in [0.25, 0.3) is 0 Å². The lowest BCUT2D eigenvalue weighted by Crippen LogP contribution is -2.09. The summed E-state index contributed by atoms with van der Waals surface area (Å²) in [6, 6.07) is 0.154. The molecule has 0 saturated heterocycles. The number of nitrogen functional groups attached to an aromatic ring is 1. The number of aliphatic hydroxyl groups is 1. The van der Waals surface area contributed by atoms with E-state index in [0.717, 1.165) is 6.42 Å². The first-order chi connectivity index (χ1) is 9.22. The molecule has 19 heavy (non-hydrogen) atoms. The number of aromatic nitrogens is 4. The van der Waals surface area contributed by atoms with Crippen molar-refractivity contribution in [3.05, 3.63) is 18.5 Å². The number of nitrogens with two attached hydrogens (primary N) is 1. The lowest BCUT2D eigenvalue weighted by atomic mass is 10.1. The van der Waals surface area contributed by atoms with Crippen molar-refractivity contribution in [3.63, 3.8) is 0 Å². The van der Waals surface area contributed by atoms with Crippen LogP contribution in [-0.2, 0) is 0 Å². The molecular weight excluding hydrogens is 244 g/mol. The van der Waals surface area contributed by atoms with Crippen molar-refractivity contribution in [3.8, 4) is 0 Å². The third-order valence-electron chi connectivity index (χ3n) is 3.42. The largest absolute Gasteiger partial charge is 0.396 e. The molecule has 0 aromatic carbocycles. The van der Waals surface area contributed by atoms with Crippen LogP contribution in [0.25, 0.3) is 11.2 Å². The van der Waals surface area contributed by atoms with Crippen molar-refractivity contribution < 1.29 is 5.11 Å². The molecule has 2 aromatic rings. The SMILES string of the molecule is CNc1nc(N)nc2c1ncn2[C@@H]1C=C[C@H](CO)C1. The number of imidazole rings is 1. The predicted molar refractivity (Wildman–Crippen MR) is 72.7 cm³/mol. The zero-order chi connectivity index (χ0) is 13.4. The Morgan fingerprint density at radius 3 is 3.00 bits per heavy atom. The summed E-state index contributed by atoms with van der Waals surface area (Å²) in [6.07, 6.45) is 6.69. The van der Waals surface area contributed by atoms with Crippen LogP contribution in [0.5, 0.6) is 0 Å². The van der Waals surface area contributed by atoms with Gasteiger partial charge in [-0.1, -0.05) is 12.2 Å². The van der Waals surface area contributed by atoms with Gasteiger partial charge in [0.1, 0.15) is 0 Å². The first-order valence-electron chi connectivity index (χ1n) is 6.20. The van der Waals surface area contributed by atoms with Crippen molar-refractivity contribution in [2.75, 3.05) is 24.7 Å².